The highest BCUT2D eigenvalue weighted by Gasteiger charge is 2.29. The largest absolute Gasteiger partial charge is 0.488 e. The van der Waals surface area contributed by atoms with Gasteiger partial charge in [0.2, 0.25) is 0 Å². The molecule has 0 aromatic heterocycles. The Balaban J connectivity index is 2.86. The van der Waals surface area contributed by atoms with Gasteiger partial charge in [0.15, 0.2) is 0 Å². The molecule has 0 fully saturated rings. The summed E-state index contributed by atoms with van der Waals surface area (Å²) in [6.07, 6.45) is -0.0588. The SMILES string of the molecule is CC(N)C(Oc1cccc(CO)c1)C(C)(C)C. The second kappa shape index (κ2) is 5.52. The molecule has 1 rings (SSSR count). The number of hydrogen-bond acceptors (Lipinski definition) is 3. The molecule has 2 unspecified atom stereocenters. The third kappa shape index (κ3) is 4.02. The van der Waals surface area contributed by atoms with Crippen molar-refractivity contribution < 1.29 is 9.84 Å². The second-order valence-corrected chi connectivity index (χ2v) is 5.57. The number of aliphatic hydroxyl groups is 1. The number of rotatable bonds is 4. The first-order valence-electron chi connectivity index (χ1n) is 5.96. The molecule has 0 aliphatic heterocycles. The maximum absolute atomic E-state index is 9.08. The van der Waals surface area contributed by atoms with Crippen molar-refractivity contribution in [2.45, 2.75) is 46.4 Å². The van der Waals surface area contributed by atoms with Gasteiger partial charge in [-0.15, -0.1) is 0 Å². The molecule has 0 saturated heterocycles. The van der Waals surface area contributed by atoms with Crippen LogP contribution in [0.15, 0.2) is 24.3 Å². The van der Waals surface area contributed by atoms with E-state index in [1.807, 2.05) is 31.2 Å². The monoisotopic (exact) mass is 237 g/mol. The average Bonchev–Trinajstić information content (AvgIpc) is 2.24. The van der Waals surface area contributed by atoms with Gasteiger partial charge in [0, 0.05) is 11.5 Å². The summed E-state index contributed by atoms with van der Waals surface area (Å²) < 4.78 is 5.95. The molecule has 0 amide bonds. The Morgan fingerprint density at radius 3 is 2.47 bits per heavy atom. The quantitative estimate of drug-likeness (QED) is 0.845. The molecule has 3 N–H and O–H groups in total. The van der Waals surface area contributed by atoms with E-state index in [4.69, 9.17) is 15.6 Å². The van der Waals surface area contributed by atoms with Crippen LogP contribution in [-0.2, 0) is 6.61 Å². The predicted molar refractivity (Wildman–Crippen MR) is 69.9 cm³/mol. The molecule has 0 spiro atoms. The van der Waals surface area contributed by atoms with Gasteiger partial charge in [-0.05, 0) is 24.6 Å². The normalized spacial score (nSPS) is 15.4. The highest BCUT2D eigenvalue weighted by atomic mass is 16.5. The molecule has 17 heavy (non-hydrogen) atoms. The predicted octanol–water partition coefficient (Wildman–Crippen LogP) is 2.32. The third-order valence-electron chi connectivity index (χ3n) is 2.68. The van der Waals surface area contributed by atoms with Gasteiger partial charge in [-0.2, -0.15) is 0 Å². The van der Waals surface area contributed by atoms with Crippen molar-refractivity contribution in [1.82, 2.24) is 0 Å². The Labute approximate surface area is 104 Å². The van der Waals surface area contributed by atoms with Gasteiger partial charge in [-0.1, -0.05) is 32.9 Å². The highest BCUT2D eigenvalue weighted by molar-refractivity contribution is 5.28. The van der Waals surface area contributed by atoms with Crippen LogP contribution in [0, 0.1) is 5.41 Å². The van der Waals surface area contributed by atoms with Gasteiger partial charge in [0.25, 0.3) is 0 Å². The van der Waals surface area contributed by atoms with Crippen LogP contribution in [0.25, 0.3) is 0 Å². The first-order valence-corrected chi connectivity index (χ1v) is 5.96. The standard InChI is InChI=1S/C14H23NO2/c1-10(15)13(14(2,3)4)17-12-7-5-6-11(8-12)9-16/h5-8,10,13,16H,9,15H2,1-4H3. The number of nitrogens with two attached hydrogens (primary N) is 1. The Morgan fingerprint density at radius 2 is 2.00 bits per heavy atom. The van der Waals surface area contributed by atoms with Crippen molar-refractivity contribution in [2.75, 3.05) is 0 Å². The van der Waals surface area contributed by atoms with Crippen molar-refractivity contribution in [2.24, 2.45) is 11.1 Å². The highest BCUT2D eigenvalue weighted by Crippen LogP contribution is 2.27. The Morgan fingerprint density at radius 1 is 1.35 bits per heavy atom. The zero-order valence-corrected chi connectivity index (χ0v) is 11.1. The molecule has 0 heterocycles. The van der Waals surface area contributed by atoms with Crippen LogP contribution >= 0.6 is 0 Å². The summed E-state index contributed by atoms with van der Waals surface area (Å²) >= 11 is 0. The molecule has 3 nitrogen and oxygen atoms in total. The molecule has 2 atom stereocenters. The summed E-state index contributed by atoms with van der Waals surface area (Å²) in [4.78, 5) is 0. The summed E-state index contributed by atoms with van der Waals surface area (Å²) in [6, 6.07) is 7.43. The fraction of sp³-hybridized carbons (Fsp3) is 0.571. The topological polar surface area (TPSA) is 55.5 Å². The van der Waals surface area contributed by atoms with Crippen molar-refractivity contribution in [3.05, 3.63) is 29.8 Å². The minimum atomic E-state index is -0.0588. The van der Waals surface area contributed by atoms with Gasteiger partial charge in [-0.3, -0.25) is 0 Å². The minimum absolute atomic E-state index is 0.0234. The van der Waals surface area contributed by atoms with Crippen LogP contribution in [0.4, 0.5) is 0 Å². The van der Waals surface area contributed by atoms with E-state index in [1.54, 1.807) is 0 Å². The zero-order valence-electron chi connectivity index (χ0n) is 11.1. The van der Waals surface area contributed by atoms with E-state index in [9.17, 15) is 0 Å². The summed E-state index contributed by atoms with van der Waals surface area (Å²) in [5.74, 6) is 0.758. The van der Waals surface area contributed by atoms with Crippen LogP contribution in [-0.4, -0.2) is 17.3 Å². The number of benzene rings is 1. The van der Waals surface area contributed by atoms with Crippen LogP contribution in [0.3, 0.4) is 0 Å². The lowest BCUT2D eigenvalue weighted by atomic mass is 9.85. The maximum atomic E-state index is 9.08. The lowest BCUT2D eigenvalue weighted by molar-refractivity contribution is 0.0682. The van der Waals surface area contributed by atoms with Crippen molar-refractivity contribution in [1.29, 1.82) is 0 Å². The van der Waals surface area contributed by atoms with Gasteiger partial charge in [-0.25, -0.2) is 0 Å². The zero-order chi connectivity index (χ0) is 13.1. The van der Waals surface area contributed by atoms with Crippen molar-refractivity contribution in [3.63, 3.8) is 0 Å². The molecule has 0 radical (unpaired) electrons. The fourth-order valence-electron chi connectivity index (χ4n) is 1.94. The molecule has 1 aromatic rings. The lowest BCUT2D eigenvalue weighted by Gasteiger charge is -2.34. The van der Waals surface area contributed by atoms with Crippen LogP contribution < -0.4 is 10.5 Å². The van der Waals surface area contributed by atoms with E-state index in [-0.39, 0.29) is 24.2 Å². The van der Waals surface area contributed by atoms with E-state index in [0.29, 0.717) is 0 Å². The Kier molecular flexibility index (Phi) is 4.54. The van der Waals surface area contributed by atoms with Gasteiger partial charge in [0.05, 0.1) is 6.61 Å². The summed E-state index contributed by atoms with van der Waals surface area (Å²) in [5, 5.41) is 9.08. The summed E-state index contributed by atoms with van der Waals surface area (Å²) in [6.45, 7) is 8.30. The van der Waals surface area contributed by atoms with Crippen LogP contribution in [0.1, 0.15) is 33.3 Å². The third-order valence-corrected chi connectivity index (χ3v) is 2.68. The Hall–Kier alpha value is -1.06. The van der Waals surface area contributed by atoms with Gasteiger partial charge in [0.1, 0.15) is 11.9 Å². The lowest BCUT2D eigenvalue weighted by Crippen LogP contribution is -2.45. The molecule has 0 saturated carbocycles. The van der Waals surface area contributed by atoms with Crippen molar-refractivity contribution >= 4 is 0 Å². The molecule has 96 valence electrons. The van der Waals surface area contributed by atoms with Gasteiger partial charge >= 0.3 is 0 Å². The smallest absolute Gasteiger partial charge is 0.120 e. The Bertz CT molecular complexity index is 355. The van der Waals surface area contributed by atoms with E-state index in [2.05, 4.69) is 20.8 Å². The molecule has 0 bridgehead atoms. The van der Waals surface area contributed by atoms with Crippen molar-refractivity contribution in [3.8, 4) is 5.75 Å². The van der Waals surface area contributed by atoms with Gasteiger partial charge < -0.3 is 15.6 Å². The average molecular weight is 237 g/mol. The van der Waals surface area contributed by atoms with E-state index >= 15 is 0 Å². The van der Waals surface area contributed by atoms with E-state index in [0.717, 1.165) is 11.3 Å². The molecular weight excluding hydrogens is 214 g/mol. The molecule has 0 aliphatic rings. The van der Waals surface area contributed by atoms with E-state index in [1.165, 1.54) is 0 Å². The number of aliphatic hydroxyl groups excluding tert-OH is 1. The second-order valence-electron chi connectivity index (χ2n) is 5.57. The maximum Gasteiger partial charge on any atom is 0.120 e. The summed E-state index contributed by atoms with van der Waals surface area (Å²) in [5.41, 5.74) is 6.79. The fourth-order valence-corrected chi connectivity index (χ4v) is 1.94. The van der Waals surface area contributed by atoms with E-state index < -0.39 is 0 Å². The minimum Gasteiger partial charge on any atom is -0.488 e. The number of hydrogen-bond donors (Lipinski definition) is 2. The first-order chi connectivity index (χ1) is 7.84. The van der Waals surface area contributed by atoms with Crippen LogP contribution in [0.5, 0.6) is 5.75 Å². The molecule has 1 aromatic carbocycles. The number of ether oxygens (including phenoxy) is 1. The molecular formula is C14H23NO2. The first kappa shape index (κ1) is 14.0. The summed E-state index contributed by atoms with van der Waals surface area (Å²) in [7, 11) is 0. The van der Waals surface area contributed by atoms with Crippen LogP contribution in [0.2, 0.25) is 0 Å². The molecule has 0 aliphatic carbocycles. The molecule has 3 heteroatoms.